The Morgan fingerprint density at radius 3 is 1.80 bits per heavy atom. The van der Waals surface area contributed by atoms with Crippen molar-refractivity contribution in [3.63, 3.8) is 0 Å². The second-order valence-corrected chi connectivity index (χ2v) is 4.08. The van der Waals surface area contributed by atoms with Gasteiger partial charge in [0, 0.05) is 11.8 Å². The molecule has 0 amide bonds. The molecular weight excluding hydrogens is 184 g/mol. The second-order valence-electron chi connectivity index (χ2n) is 4.08. The van der Waals surface area contributed by atoms with Crippen molar-refractivity contribution in [2.75, 3.05) is 0 Å². The highest BCUT2D eigenvalue weighted by Gasteiger charge is 2.33. The van der Waals surface area contributed by atoms with E-state index in [1.807, 2.05) is 12.1 Å². The first kappa shape index (κ1) is 8.26. The van der Waals surface area contributed by atoms with Crippen molar-refractivity contribution >= 4 is 0 Å². The Labute approximate surface area is 88.1 Å². The minimum atomic E-state index is 0.477. The summed E-state index contributed by atoms with van der Waals surface area (Å²) < 4.78 is 0. The normalized spacial score (nSPS) is 24.7. The van der Waals surface area contributed by atoms with Crippen LogP contribution < -0.4 is 0 Å². The molecule has 1 aromatic carbocycles. The number of allylic oxidation sites excluding steroid dienone is 2. The van der Waals surface area contributed by atoms with Gasteiger partial charge in [-0.1, -0.05) is 12.2 Å². The molecule has 0 fully saturated rings. The molecule has 0 heterocycles. The molecule has 0 radical (unpaired) electrons. The topological polar surface area (TPSA) is 47.6 Å². The van der Waals surface area contributed by atoms with Crippen LogP contribution in [0.4, 0.5) is 0 Å². The van der Waals surface area contributed by atoms with E-state index in [1.165, 1.54) is 11.1 Å². The third-order valence-corrected chi connectivity index (χ3v) is 3.35. The zero-order valence-corrected chi connectivity index (χ0v) is 8.07. The van der Waals surface area contributed by atoms with Crippen LogP contribution in [-0.2, 0) is 0 Å². The first-order valence-electron chi connectivity index (χ1n) is 5.00. The Kier molecular flexibility index (Phi) is 1.50. The maximum Gasteiger partial charge on any atom is 0.101 e. The highest BCUT2D eigenvalue weighted by Crippen LogP contribution is 2.48. The molecule has 2 bridgehead atoms. The summed E-state index contributed by atoms with van der Waals surface area (Å²) in [5, 5.41) is 17.9. The lowest BCUT2D eigenvalue weighted by atomic mass is 9.92. The van der Waals surface area contributed by atoms with Gasteiger partial charge in [0.15, 0.2) is 0 Å². The van der Waals surface area contributed by atoms with Crippen molar-refractivity contribution < 1.29 is 0 Å². The third kappa shape index (κ3) is 0.966. The van der Waals surface area contributed by atoms with Crippen molar-refractivity contribution in [2.24, 2.45) is 0 Å². The van der Waals surface area contributed by atoms with Crippen LogP contribution in [0.15, 0.2) is 24.3 Å². The van der Waals surface area contributed by atoms with Gasteiger partial charge in [-0.3, -0.25) is 0 Å². The van der Waals surface area contributed by atoms with Gasteiger partial charge in [-0.25, -0.2) is 0 Å². The Hall–Kier alpha value is -2.06. The van der Waals surface area contributed by atoms with Gasteiger partial charge in [0.1, 0.15) is 12.1 Å². The lowest BCUT2D eigenvalue weighted by Gasteiger charge is -2.10. The van der Waals surface area contributed by atoms with Crippen LogP contribution in [-0.4, -0.2) is 0 Å². The van der Waals surface area contributed by atoms with Crippen LogP contribution in [0, 0.1) is 22.7 Å². The van der Waals surface area contributed by atoms with Crippen LogP contribution in [0.2, 0.25) is 0 Å². The molecule has 0 saturated carbocycles. The second kappa shape index (κ2) is 2.72. The SMILES string of the molecule is N#Cc1cc2c(cc1C#N)C1C=CC2C1. The van der Waals surface area contributed by atoms with Crippen LogP contribution in [0.1, 0.15) is 40.5 Å². The predicted molar refractivity (Wildman–Crippen MR) is 55.1 cm³/mol. The quantitative estimate of drug-likeness (QED) is 0.593. The van der Waals surface area contributed by atoms with Gasteiger partial charge in [-0.05, 0) is 29.7 Å². The summed E-state index contributed by atoms with van der Waals surface area (Å²) in [7, 11) is 0. The largest absolute Gasteiger partial charge is 0.192 e. The Balaban J connectivity index is 2.26. The van der Waals surface area contributed by atoms with Gasteiger partial charge in [0.25, 0.3) is 0 Å². The molecule has 2 nitrogen and oxygen atoms in total. The number of benzene rings is 1. The first-order valence-corrected chi connectivity index (χ1v) is 5.00. The molecule has 2 atom stereocenters. The summed E-state index contributed by atoms with van der Waals surface area (Å²) in [6, 6.07) is 7.96. The molecule has 2 aliphatic carbocycles. The molecule has 0 aliphatic heterocycles. The average Bonchev–Trinajstić information content (AvgIpc) is 2.88. The zero-order valence-electron chi connectivity index (χ0n) is 8.07. The lowest BCUT2D eigenvalue weighted by molar-refractivity contribution is 0.804. The number of nitrogens with zero attached hydrogens (tertiary/aromatic N) is 2. The van der Waals surface area contributed by atoms with E-state index in [-0.39, 0.29) is 0 Å². The van der Waals surface area contributed by atoms with Crippen LogP contribution in [0.25, 0.3) is 0 Å². The van der Waals surface area contributed by atoms with Crippen molar-refractivity contribution in [1.29, 1.82) is 10.5 Å². The number of nitriles is 2. The molecule has 1 aromatic rings. The predicted octanol–water partition coefficient (Wildman–Crippen LogP) is 2.57. The maximum absolute atomic E-state index is 8.93. The molecule has 15 heavy (non-hydrogen) atoms. The van der Waals surface area contributed by atoms with E-state index in [2.05, 4.69) is 24.3 Å². The molecular formula is C13H8N2. The minimum absolute atomic E-state index is 0.477. The lowest BCUT2D eigenvalue weighted by Crippen LogP contribution is -1.96. The van der Waals surface area contributed by atoms with E-state index < -0.39 is 0 Å². The fourth-order valence-electron chi connectivity index (χ4n) is 2.62. The molecule has 0 N–H and O–H groups in total. The standard InChI is InChI=1S/C13H8N2/c14-6-10-4-12-8-1-2-9(3-8)13(12)5-11(10)7-15/h1-2,4-5,8-9H,3H2. The monoisotopic (exact) mass is 192 g/mol. The van der Waals surface area contributed by atoms with Crippen molar-refractivity contribution in [3.8, 4) is 12.1 Å². The summed E-state index contributed by atoms with van der Waals surface area (Å²) in [5.41, 5.74) is 3.52. The first-order chi connectivity index (χ1) is 7.33. The molecule has 2 aliphatic rings. The Bertz CT molecular complexity index is 506. The minimum Gasteiger partial charge on any atom is -0.192 e. The van der Waals surface area contributed by atoms with E-state index in [0.717, 1.165) is 6.42 Å². The highest BCUT2D eigenvalue weighted by molar-refractivity contribution is 5.57. The fourth-order valence-corrected chi connectivity index (χ4v) is 2.62. The molecule has 2 unspecified atom stereocenters. The van der Waals surface area contributed by atoms with Crippen molar-refractivity contribution in [1.82, 2.24) is 0 Å². The Morgan fingerprint density at radius 2 is 1.40 bits per heavy atom. The van der Waals surface area contributed by atoms with Crippen LogP contribution in [0.3, 0.4) is 0 Å². The third-order valence-electron chi connectivity index (χ3n) is 3.35. The number of rotatable bonds is 0. The molecule has 3 rings (SSSR count). The summed E-state index contributed by atoms with van der Waals surface area (Å²) in [6.45, 7) is 0. The van der Waals surface area contributed by atoms with Crippen molar-refractivity contribution in [2.45, 2.75) is 18.3 Å². The summed E-state index contributed by atoms with van der Waals surface area (Å²) in [4.78, 5) is 0. The van der Waals surface area contributed by atoms with E-state index in [1.54, 1.807) is 0 Å². The summed E-state index contributed by atoms with van der Waals surface area (Å²) >= 11 is 0. The molecule has 2 heteroatoms. The Morgan fingerprint density at radius 1 is 0.933 bits per heavy atom. The fraction of sp³-hybridized carbons (Fsp3) is 0.231. The van der Waals surface area contributed by atoms with Crippen LogP contribution in [0.5, 0.6) is 0 Å². The van der Waals surface area contributed by atoms with Gasteiger partial charge in [0.2, 0.25) is 0 Å². The summed E-state index contributed by atoms with van der Waals surface area (Å²) in [5.74, 6) is 0.953. The molecule has 70 valence electrons. The van der Waals surface area contributed by atoms with Crippen LogP contribution >= 0.6 is 0 Å². The smallest absolute Gasteiger partial charge is 0.101 e. The maximum atomic E-state index is 8.93. The van der Waals surface area contributed by atoms with Gasteiger partial charge in [0.05, 0.1) is 11.1 Å². The van der Waals surface area contributed by atoms with Gasteiger partial charge in [-0.15, -0.1) is 0 Å². The molecule has 0 spiro atoms. The van der Waals surface area contributed by atoms with Crippen molar-refractivity contribution in [3.05, 3.63) is 46.5 Å². The number of hydrogen-bond acceptors (Lipinski definition) is 2. The number of fused-ring (bicyclic) bond motifs is 5. The molecule has 0 aromatic heterocycles. The van der Waals surface area contributed by atoms with Gasteiger partial charge in [-0.2, -0.15) is 10.5 Å². The van der Waals surface area contributed by atoms with Gasteiger partial charge >= 0.3 is 0 Å². The average molecular weight is 192 g/mol. The highest BCUT2D eigenvalue weighted by atomic mass is 14.4. The van der Waals surface area contributed by atoms with E-state index in [9.17, 15) is 0 Å². The molecule has 0 saturated heterocycles. The van der Waals surface area contributed by atoms with E-state index in [4.69, 9.17) is 10.5 Å². The van der Waals surface area contributed by atoms with E-state index in [0.29, 0.717) is 23.0 Å². The summed E-state index contributed by atoms with van der Waals surface area (Å²) in [6.07, 6.45) is 5.54. The number of hydrogen-bond donors (Lipinski definition) is 0. The van der Waals surface area contributed by atoms with E-state index >= 15 is 0 Å². The van der Waals surface area contributed by atoms with Gasteiger partial charge < -0.3 is 0 Å². The zero-order chi connectivity index (χ0) is 10.4.